The summed E-state index contributed by atoms with van der Waals surface area (Å²) in [4.78, 5) is 5.05. The molecule has 1 aliphatic rings. The van der Waals surface area contributed by atoms with Gasteiger partial charge in [-0.15, -0.1) is 0 Å². The summed E-state index contributed by atoms with van der Waals surface area (Å²) in [7, 11) is 0. The van der Waals surface area contributed by atoms with Crippen LogP contribution in [0.15, 0.2) is 24.3 Å². The molecule has 1 aromatic rings. The van der Waals surface area contributed by atoms with E-state index in [9.17, 15) is 0 Å². The van der Waals surface area contributed by atoms with Crippen molar-refractivity contribution in [3.05, 3.63) is 35.4 Å². The Balaban J connectivity index is 1.70. The third kappa shape index (κ3) is 4.87. The fourth-order valence-electron chi connectivity index (χ4n) is 2.66. The van der Waals surface area contributed by atoms with Gasteiger partial charge in [0.25, 0.3) is 0 Å². The Morgan fingerprint density at radius 2 is 1.50 bits per heavy atom. The lowest BCUT2D eigenvalue weighted by Gasteiger charge is -2.34. The molecule has 4 heteroatoms. The standard InChI is InChI=1S/C16H27N3O/c17-7-1-2-8-18-9-11-19(12-10-18)13-15-3-5-16(14-20)6-4-15/h3-6,20H,1-2,7-14,17H2. The summed E-state index contributed by atoms with van der Waals surface area (Å²) in [5.41, 5.74) is 7.85. The molecular weight excluding hydrogens is 250 g/mol. The Morgan fingerprint density at radius 3 is 2.10 bits per heavy atom. The van der Waals surface area contributed by atoms with Crippen LogP contribution in [0.3, 0.4) is 0 Å². The third-order valence-corrected chi connectivity index (χ3v) is 4.01. The first-order valence-electron chi connectivity index (χ1n) is 7.65. The van der Waals surface area contributed by atoms with Gasteiger partial charge in [-0.05, 0) is 37.1 Å². The van der Waals surface area contributed by atoms with Gasteiger partial charge in [0.1, 0.15) is 0 Å². The number of aliphatic hydroxyl groups is 1. The molecule has 112 valence electrons. The summed E-state index contributed by atoms with van der Waals surface area (Å²) in [6.45, 7) is 7.76. The fraction of sp³-hybridized carbons (Fsp3) is 0.625. The number of hydrogen-bond acceptors (Lipinski definition) is 4. The van der Waals surface area contributed by atoms with E-state index in [-0.39, 0.29) is 6.61 Å². The van der Waals surface area contributed by atoms with Crippen LogP contribution in [0.5, 0.6) is 0 Å². The smallest absolute Gasteiger partial charge is 0.0681 e. The van der Waals surface area contributed by atoms with Crippen molar-refractivity contribution in [3.8, 4) is 0 Å². The Bertz CT molecular complexity index is 372. The molecule has 1 aliphatic heterocycles. The van der Waals surface area contributed by atoms with Crippen LogP contribution in [-0.2, 0) is 13.2 Å². The second-order valence-electron chi connectivity index (χ2n) is 5.59. The van der Waals surface area contributed by atoms with Crippen molar-refractivity contribution in [2.75, 3.05) is 39.3 Å². The van der Waals surface area contributed by atoms with Crippen LogP contribution >= 0.6 is 0 Å². The number of piperazine rings is 1. The Kier molecular flexibility index (Phi) is 6.47. The number of benzene rings is 1. The van der Waals surface area contributed by atoms with E-state index in [2.05, 4.69) is 21.9 Å². The molecular formula is C16H27N3O. The molecule has 0 radical (unpaired) electrons. The van der Waals surface area contributed by atoms with Gasteiger partial charge in [-0.2, -0.15) is 0 Å². The highest BCUT2D eigenvalue weighted by molar-refractivity contribution is 5.21. The van der Waals surface area contributed by atoms with Crippen LogP contribution in [0.25, 0.3) is 0 Å². The lowest BCUT2D eigenvalue weighted by Crippen LogP contribution is -2.46. The maximum Gasteiger partial charge on any atom is 0.0681 e. The van der Waals surface area contributed by atoms with Gasteiger partial charge in [-0.3, -0.25) is 4.90 Å². The maximum absolute atomic E-state index is 9.04. The number of aliphatic hydroxyl groups excluding tert-OH is 1. The van der Waals surface area contributed by atoms with Gasteiger partial charge in [0, 0.05) is 32.7 Å². The van der Waals surface area contributed by atoms with Crippen LogP contribution in [0.1, 0.15) is 24.0 Å². The fourth-order valence-corrected chi connectivity index (χ4v) is 2.66. The van der Waals surface area contributed by atoms with Crippen LogP contribution in [0, 0.1) is 0 Å². The number of nitrogens with two attached hydrogens (primary N) is 1. The number of hydrogen-bond donors (Lipinski definition) is 2. The molecule has 1 aromatic carbocycles. The van der Waals surface area contributed by atoms with Gasteiger partial charge in [0.15, 0.2) is 0 Å². The molecule has 0 saturated carbocycles. The predicted molar refractivity (Wildman–Crippen MR) is 82.4 cm³/mol. The number of unbranched alkanes of at least 4 members (excludes halogenated alkanes) is 1. The minimum atomic E-state index is 0.127. The summed E-state index contributed by atoms with van der Waals surface area (Å²) < 4.78 is 0. The molecule has 4 nitrogen and oxygen atoms in total. The van der Waals surface area contributed by atoms with Crippen molar-refractivity contribution >= 4 is 0 Å². The monoisotopic (exact) mass is 277 g/mol. The molecule has 0 unspecified atom stereocenters. The van der Waals surface area contributed by atoms with E-state index < -0.39 is 0 Å². The van der Waals surface area contributed by atoms with Crippen molar-refractivity contribution in [1.82, 2.24) is 9.80 Å². The molecule has 0 spiro atoms. The largest absolute Gasteiger partial charge is 0.392 e. The van der Waals surface area contributed by atoms with Gasteiger partial charge in [0.05, 0.1) is 6.61 Å². The Morgan fingerprint density at radius 1 is 0.900 bits per heavy atom. The SMILES string of the molecule is NCCCCN1CCN(Cc2ccc(CO)cc2)CC1. The van der Waals surface area contributed by atoms with Crippen molar-refractivity contribution in [2.24, 2.45) is 5.73 Å². The van der Waals surface area contributed by atoms with E-state index in [1.165, 1.54) is 31.6 Å². The van der Waals surface area contributed by atoms with Crippen LogP contribution < -0.4 is 5.73 Å². The average Bonchev–Trinajstić information content (AvgIpc) is 2.50. The van der Waals surface area contributed by atoms with Gasteiger partial charge in [0.2, 0.25) is 0 Å². The Hall–Kier alpha value is -0.940. The van der Waals surface area contributed by atoms with Gasteiger partial charge < -0.3 is 15.7 Å². The second-order valence-corrected chi connectivity index (χ2v) is 5.59. The molecule has 1 fully saturated rings. The summed E-state index contributed by atoms with van der Waals surface area (Å²) in [6.07, 6.45) is 2.36. The van der Waals surface area contributed by atoms with Crippen molar-refractivity contribution < 1.29 is 5.11 Å². The topological polar surface area (TPSA) is 52.7 Å². The molecule has 0 bridgehead atoms. The highest BCUT2D eigenvalue weighted by Gasteiger charge is 2.16. The quantitative estimate of drug-likeness (QED) is 0.731. The summed E-state index contributed by atoms with van der Waals surface area (Å²) in [5.74, 6) is 0. The first-order chi connectivity index (χ1) is 9.81. The molecule has 3 N–H and O–H groups in total. The zero-order valence-corrected chi connectivity index (χ0v) is 12.3. The second kappa shape index (κ2) is 8.37. The van der Waals surface area contributed by atoms with Crippen LogP contribution in [0.4, 0.5) is 0 Å². The van der Waals surface area contributed by atoms with Crippen molar-refractivity contribution in [3.63, 3.8) is 0 Å². The third-order valence-electron chi connectivity index (χ3n) is 4.01. The number of nitrogens with zero attached hydrogens (tertiary/aromatic N) is 2. The van der Waals surface area contributed by atoms with E-state index in [0.717, 1.165) is 38.2 Å². The molecule has 0 atom stereocenters. The Labute approximate surface area is 122 Å². The molecule has 0 amide bonds. The maximum atomic E-state index is 9.04. The molecule has 1 saturated heterocycles. The minimum absolute atomic E-state index is 0.127. The van der Waals surface area contributed by atoms with Gasteiger partial charge in [-0.1, -0.05) is 24.3 Å². The van der Waals surface area contributed by atoms with E-state index >= 15 is 0 Å². The molecule has 20 heavy (non-hydrogen) atoms. The summed E-state index contributed by atoms with van der Waals surface area (Å²) in [5, 5.41) is 9.04. The lowest BCUT2D eigenvalue weighted by atomic mass is 10.1. The molecule has 0 aliphatic carbocycles. The van der Waals surface area contributed by atoms with E-state index in [1.807, 2.05) is 12.1 Å². The van der Waals surface area contributed by atoms with Crippen molar-refractivity contribution in [1.29, 1.82) is 0 Å². The average molecular weight is 277 g/mol. The zero-order valence-electron chi connectivity index (χ0n) is 12.3. The van der Waals surface area contributed by atoms with Crippen LogP contribution in [0.2, 0.25) is 0 Å². The summed E-state index contributed by atoms with van der Waals surface area (Å²) in [6, 6.07) is 8.27. The van der Waals surface area contributed by atoms with E-state index in [4.69, 9.17) is 10.8 Å². The van der Waals surface area contributed by atoms with Gasteiger partial charge in [-0.25, -0.2) is 0 Å². The van der Waals surface area contributed by atoms with E-state index in [1.54, 1.807) is 0 Å². The van der Waals surface area contributed by atoms with Crippen molar-refractivity contribution in [2.45, 2.75) is 26.0 Å². The molecule has 0 aromatic heterocycles. The normalized spacial score (nSPS) is 17.5. The molecule has 1 heterocycles. The highest BCUT2D eigenvalue weighted by atomic mass is 16.3. The summed E-state index contributed by atoms with van der Waals surface area (Å²) >= 11 is 0. The minimum Gasteiger partial charge on any atom is -0.392 e. The lowest BCUT2D eigenvalue weighted by molar-refractivity contribution is 0.126. The number of rotatable bonds is 7. The highest BCUT2D eigenvalue weighted by Crippen LogP contribution is 2.10. The van der Waals surface area contributed by atoms with E-state index in [0.29, 0.717) is 0 Å². The first-order valence-corrected chi connectivity index (χ1v) is 7.65. The first kappa shape index (κ1) is 15.4. The van der Waals surface area contributed by atoms with Gasteiger partial charge >= 0.3 is 0 Å². The van der Waals surface area contributed by atoms with Crippen LogP contribution in [-0.4, -0.2) is 54.2 Å². The zero-order chi connectivity index (χ0) is 14.2. The predicted octanol–water partition coefficient (Wildman–Crippen LogP) is 1.04. The molecule has 2 rings (SSSR count).